The Morgan fingerprint density at radius 3 is 2.66 bits per heavy atom. The number of nitrogens with zero attached hydrogens (tertiary/aromatic N) is 2. The molecule has 1 aliphatic carbocycles. The normalized spacial score (nSPS) is 17.8. The highest BCUT2D eigenvalue weighted by Crippen LogP contribution is 2.37. The summed E-state index contributed by atoms with van der Waals surface area (Å²) in [6.07, 6.45) is 6.95. The maximum Gasteiger partial charge on any atom is 0.247 e. The Morgan fingerprint density at radius 1 is 1.16 bits per heavy atom. The van der Waals surface area contributed by atoms with Gasteiger partial charge in [0, 0.05) is 23.7 Å². The highest BCUT2D eigenvalue weighted by atomic mass is 32.2. The fourth-order valence-corrected chi connectivity index (χ4v) is 7.11. The van der Waals surface area contributed by atoms with E-state index in [0.717, 1.165) is 44.1 Å². The van der Waals surface area contributed by atoms with E-state index in [4.69, 9.17) is 0 Å². The molecule has 2 heterocycles. The van der Waals surface area contributed by atoms with Crippen molar-refractivity contribution in [2.75, 3.05) is 23.7 Å². The van der Waals surface area contributed by atoms with Crippen LogP contribution < -0.4 is 10.6 Å². The number of thiophene rings is 1. The molecular weight excluding hydrogens is 444 g/mol. The smallest absolute Gasteiger partial charge is 0.247 e. The van der Waals surface area contributed by atoms with Gasteiger partial charge in [-0.3, -0.25) is 4.79 Å². The van der Waals surface area contributed by atoms with E-state index < -0.39 is 16.1 Å². The minimum absolute atomic E-state index is 0.228. The van der Waals surface area contributed by atoms with Crippen LogP contribution in [0, 0.1) is 11.3 Å². The van der Waals surface area contributed by atoms with Gasteiger partial charge in [0.15, 0.2) is 0 Å². The predicted octanol–water partition coefficient (Wildman–Crippen LogP) is 4.11. The Balaban J connectivity index is 1.46. The second kappa shape index (κ2) is 9.61. The summed E-state index contributed by atoms with van der Waals surface area (Å²) in [7, 11) is -3.52. The lowest BCUT2D eigenvalue weighted by atomic mass is 10.1. The Bertz CT molecular complexity index is 1140. The largest absolute Gasteiger partial charge is 0.374 e. The van der Waals surface area contributed by atoms with Crippen molar-refractivity contribution in [3.8, 4) is 6.07 Å². The lowest BCUT2D eigenvalue weighted by molar-refractivity contribution is -0.116. The summed E-state index contributed by atoms with van der Waals surface area (Å²) >= 11 is 1.50. The standard InChI is InChI=1S/C23H28N4O3S2/c1-16(22(28)26-23-20(15-24)19-10-3-2-4-11-21(19)31-23)25-17-8-7-9-18(14-17)32(29,30)27-12-5-6-13-27/h7-9,14,16,25H,2-6,10-13H2,1H3,(H,26,28)/t16-/m1/s1. The number of amides is 1. The zero-order valence-corrected chi connectivity index (χ0v) is 19.8. The first-order chi connectivity index (χ1) is 15.4. The number of carbonyl (C=O) groups excluding carboxylic acids is 1. The fourth-order valence-electron chi connectivity index (χ4n) is 4.31. The van der Waals surface area contributed by atoms with Crippen LogP contribution in [0.4, 0.5) is 10.7 Å². The second-order valence-corrected chi connectivity index (χ2v) is 11.4. The molecule has 32 heavy (non-hydrogen) atoms. The predicted molar refractivity (Wildman–Crippen MR) is 126 cm³/mol. The van der Waals surface area contributed by atoms with Crippen LogP contribution in [0.15, 0.2) is 29.2 Å². The van der Waals surface area contributed by atoms with Gasteiger partial charge < -0.3 is 10.6 Å². The molecule has 0 bridgehead atoms. The van der Waals surface area contributed by atoms with Gasteiger partial charge in [0.2, 0.25) is 15.9 Å². The maximum atomic E-state index is 12.9. The van der Waals surface area contributed by atoms with Crippen LogP contribution in [0.3, 0.4) is 0 Å². The molecule has 1 aromatic carbocycles. The third-order valence-corrected chi connectivity index (χ3v) is 9.19. The Kier molecular flexibility index (Phi) is 6.84. The molecule has 2 aromatic rings. The number of fused-ring (bicyclic) bond motifs is 1. The van der Waals surface area contributed by atoms with E-state index in [1.165, 1.54) is 26.9 Å². The summed E-state index contributed by atoms with van der Waals surface area (Å²) in [6, 6.07) is 8.27. The minimum Gasteiger partial charge on any atom is -0.374 e. The molecule has 0 saturated carbocycles. The summed E-state index contributed by atoms with van der Waals surface area (Å²) in [5.74, 6) is -0.259. The molecule has 9 heteroatoms. The van der Waals surface area contributed by atoms with Crippen molar-refractivity contribution in [2.24, 2.45) is 0 Å². The minimum atomic E-state index is -3.52. The number of anilines is 2. The summed E-state index contributed by atoms with van der Waals surface area (Å²) in [5, 5.41) is 16.3. The van der Waals surface area contributed by atoms with Crippen molar-refractivity contribution in [3.63, 3.8) is 0 Å². The van der Waals surface area contributed by atoms with Gasteiger partial charge in [-0.2, -0.15) is 9.57 Å². The van der Waals surface area contributed by atoms with Crippen LogP contribution >= 0.6 is 11.3 Å². The third kappa shape index (κ3) is 4.68. The molecule has 1 aliphatic heterocycles. The van der Waals surface area contributed by atoms with Gasteiger partial charge in [0.25, 0.3) is 0 Å². The summed E-state index contributed by atoms with van der Waals surface area (Å²) < 4.78 is 27.2. The fraction of sp³-hybridized carbons (Fsp3) is 0.478. The average Bonchev–Trinajstić information content (AvgIpc) is 3.37. The molecule has 7 nitrogen and oxygen atoms in total. The van der Waals surface area contributed by atoms with Gasteiger partial charge in [-0.25, -0.2) is 8.42 Å². The first-order valence-corrected chi connectivity index (χ1v) is 13.4. The van der Waals surface area contributed by atoms with Crippen molar-refractivity contribution < 1.29 is 13.2 Å². The quantitative estimate of drug-likeness (QED) is 0.616. The molecule has 1 aromatic heterocycles. The van der Waals surface area contributed by atoms with Gasteiger partial charge in [-0.15, -0.1) is 11.3 Å². The first-order valence-electron chi connectivity index (χ1n) is 11.1. The Morgan fingerprint density at radius 2 is 1.91 bits per heavy atom. The number of nitriles is 1. The molecule has 0 spiro atoms. The molecule has 0 unspecified atom stereocenters. The number of carbonyl (C=O) groups is 1. The number of aryl methyl sites for hydroxylation is 1. The number of hydrogen-bond acceptors (Lipinski definition) is 6. The highest BCUT2D eigenvalue weighted by Gasteiger charge is 2.28. The summed E-state index contributed by atoms with van der Waals surface area (Å²) in [4.78, 5) is 14.3. The molecule has 1 atom stereocenters. The Labute approximate surface area is 193 Å². The van der Waals surface area contributed by atoms with Crippen LogP contribution in [-0.4, -0.2) is 37.8 Å². The van der Waals surface area contributed by atoms with Crippen molar-refractivity contribution >= 4 is 38.0 Å². The van der Waals surface area contributed by atoms with E-state index in [1.807, 2.05) is 0 Å². The summed E-state index contributed by atoms with van der Waals surface area (Å²) in [5.41, 5.74) is 2.24. The number of rotatable bonds is 6. The van der Waals surface area contributed by atoms with Gasteiger partial charge in [-0.05, 0) is 69.2 Å². The lowest BCUT2D eigenvalue weighted by Gasteiger charge is -2.18. The van der Waals surface area contributed by atoms with Crippen molar-refractivity contribution in [3.05, 3.63) is 40.3 Å². The maximum absolute atomic E-state index is 12.9. The third-order valence-electron chi connectivity index (χ3n) is 6.08. The van der Waals surface area contributed by atoms with E-state index in [-0.39, 0.29) is 10.8 Å². The molecule has 1 fully saturated rings. The molecule has 2 N–H and O–H groups in total. The number of nitrogens with one attached hydrogen (secondary N) is 2. The topological polar surface area (TPSA) is 102 Å². The van der Waals surface area contributed by atoms with Crippen molar-refractivity contribution in [1.29, 1.82) is 5.26 Å². The van der Waals surface area contributed by atoms with E-state index in [1.54, 1.807) is 31.2 Å². The van der Waals surface area contributed by atoms with E-state index >= 15 is 0 Å². The van der Waals surface area contributed by atoms with E-state index in [0.29, 0.717) is 29.3 Å². The first kappa shape index (κ1) is 22.8. The van der Waals surface area contributed by atoms with E-state index in [2.05, 4.69) is 16.7 Å². The number of sulfonamides is 1. The van der Waals surface area contributed by atoms with Crippen molar-refractivity contribution in [2.45, 2.75) is 62.8 Å². The van der Waals surface area contributed by atoms with Gasteiger partial charge >= 0.3 is 0 Å². The molecule has 170 valence electrons. The SMILES string of the molecule is C[C@@H](Nc1cccc(S(=O)(=O)N2CCCC2)c1)C(=O)Nc1sc2c(c1C#N)CCCCC2. The van der Waals surface area contributed by atoms with Gasteiger partial charge in [-0.1, -0.05) is 12.5 Å². The molecule has 2 aliphatic rings. The summed E-state index contributed by atoms with van der Waals surface area (Å²) in [6.45, 7) is 2.82. The number of benzene rings is 1. The van der Waals surface area contributed by atoms with Crippen LogP contribution in [0.25, 0.3) is 0 Å². The lowest BCUT2D eigenvalue weighted by Crippen LogP contribution is -2.32. The number of hydrogen-bond donors (Lipinski definition) is 2. The van der Waals surface area contributed by atoms with Crippen LogP contribution in [0.5, 0.6) is 0 Å². The molecular formula is C23H28N4O3S2. The van der Waals surface area contributed by atoms with Crippen molar-refractivity contribution in [1.82, 2.24) is 4.31 Å². The zero-order valence-electron chi connectivity index (χ0n) is 18.2. The monoisotopic (exact) mass is 472 g/mol. The van der Waals surface area contributed by atoms with Crippen LogP contribution in [0.2, 0.25) is 0 Å². The average molecular weight is 473 g/mol. The van der Waals surface area contributed by atoms with Gasteiger partial charge in [0.05, 0.1) is 10.5 Å². The van der Waals surface area contributed by atoms with Crippen LogP contribution in [-0.2, 0) is 27.7 Å². The van der Waals surface area contributed by atoms with Gasteiger partial charge in [0.1, 0.15) is 17.1 Å². The van der Waals surface area contributed by atoms with Crippen LogP contribution in [0.1, 0.15) is 55.0 Å². The Hall–Kier alpha value is -2.41. The van der Waals surface area contributed by atoms with E-state index in [9.17, 15) is 18.5 Å². The zero-order chi connectivity index (χ0) is 22.7. The molecule has 1 saturated heterocycles. The molecule has 0 radical (unpaired) electrons. The molecule has 1 amide bonds. The highest BCUT2D eigenvalue weighted by molar-refractivity contribution is 7.89. The molecule has 4 rings (SSSR count). The second-order valence-electron chi connectivity index (χ2n) is 8.37.